The Hall–Kier alpha value is -4.34. The number of nitrogens with zero attached hydrogens (tertiary/aromatic N) is 2. The third kappa shape index (κ3) is 5.84. The average molecular weight is 571 g/mol. The highest BCUT2D eigenvalue weighted by Gasteiger charge is 2.44. The summed E-state index contributed by atoms with van der Waals surface area (Å²) in [6, 6.07) is 36.0. The summed E-state index contributed by atoms with van der Waals surface area (Å²) < 4.78 is 2.47. The lowest BCUT2D eigenvalue weighted by Crippen LogP contribution is -2.28. The molecule has 2 aliphatic heterocycles. The molecule has 6 rings (SSSR count). The number of fused-ring (bicyclic) bond motifs is 2. The molecule has 0 atom stereocenters. The van der Waals surface area contributed by atoms with Crippen LogP contribution < -0.4 is 10.2 Å². The highest BCUT2D eigenvalue weighted by Crippen LogP contribution is 2.41. The number of nitrogens with one attached hydrogen (secondary N) is 1. The summed E-state index contributed by atoms with van der Waals surface area (Å²) in [6.07, 6.45) is 12.2. The van der Waals surface area contributed by atoms with Gasteiger partial charge in [0, 0.05) is 65.4 Å². The number of hydrogen-bond donors (Lipinski definition) is 1. The van der Waals surface area contributed by atoms with Gasteiger partial charge < -0.3 is 10.2 Å². The Labute approximate surface area is 254 Å². The fourth-order valence-electron chi connectivity index (χ4n) is 6.03. The summed E-state index contributed by atoms with van der Waals surface area (Å²) in [5.74, 6) is 0. The third-order valence-electron chi connectivity index (χ3n) is 8.20. The van der Waals surface area contributed by atoms with Gasteiger partial charge in [-0.3, -0.25) is 0 Å². The average Bonchev–Trinajstić information content (AvgIpc) is 3.22. The predicted octanol–water partition coefficient (Wildman–Crippen LogP) is 9.39. The first-order valence-corrected chi connectivity index (χ1v) is 15.1. The molecule has 2 aliphatic rings. The Morgan fingerprint density at radius 2 is 1.62 bits per heavy atom. The summed E-state index contributed by atoms with van der Waals surface area (Å²) in [5.41, 5.74) is 9.79. The maximum absolute atomic E-state index is 6.48. The van der Waals surface area contributed by atoms with Crippen molar-refractivity contribution < 1.29 is 4.58 Å². The molecule has 0 aromatic heterocycles. The fourth-order valence-corrected chi connectivity index (χ4v) is 6.20. The van der Waals surface area contributed by atoms with E-state index in [4.69, 9.17) is 11.6 Å². The van der Waals surface area contributed by atoms with Gasteiger partial charge in [0.15, 0.2) is 12.3 Å². The Kier molecular flexibility index (Phi) is 8.12. The van der Waals surface area contributed by atoms with Crippen molar-refractivity contribution in [2.75, 3.05) is 23.3 Å². The normalized spacial score (nSPS) is 16.3. The van der Waals surface area contributed by atoms with Crippen LogP contribution >= 0.6 is 11.6 Å². The van der Waals surface area contributed by atoms with Crippen molar-refractivity contribution in [3.05, 3.63) is 155 Å². The third-order valence-corrected chi connectivity index (χ3v) is 8.43. The molecule has 1 N–H and O–H groups in total. The van der Waals surface area contributed by atoms with Gasteiger partial charge in [-0.05, 0) is 61.4 Å². The minimum Gasteiger partial charge on any atom is -0.385 e. The van der Waals surface area contributed by atoms with Crippen LogP contribution in [0, 0.1) is 0 Å². The lowest BCUT2D eigenvalue weighted by atomic mass is 9.81. The van der Waals surface area contributed by atoms with Gasteiger partial charge in [-0.25, -0.2) is 0 Å². The van der Waals surface area contributed by atoms with E-state index >= 15 is 0 Å². The van der Waals surface area contributed by atoms with E-state index in [9.17, 15) is 0 Å². The van der Waals surface area contributed by atoms with Gasteiger partial charge >= 0.3 is 0 Å². The van der Waals surface area contributed by atoms with E-state index in [1.54, 1.807) is 0 Å². The van der Waals surface area contributed by atoms with Crippen LogP contribution in [-0.4, -0.2) is 23.4 Å². The standard InChI is InChI=1S/C38H37ClN3/c1-38(2)34-27-31(39)21-22-36(34)42(25-12-24-40-32-16-7-4-8-17-32)37(38)20-11-15-30-23-26-41(28-29-13-5-3-6-14-29)35-19-10-9-18-33(30)35/h3-11,13-23,26-27,40H,12,24-25,28H2,1-2H3/q+1. The van der Waals surface area contributed by atoms with Crippen LogP contribution in [0.3, 0.4) is 0 Å². The first-order valence-electron chi connectivity index (χ1n) is 14.7. The van der Waals surface area contributed by atoms with Crippen molar-refractivity contribution in [1.29, 1.82) is 0 Å². The number of benzene rings is 4. The van der Waals surface area contributed by atoms with Gasteiger partial charge in [0.2, 0.25) is 5.69 Å². The zero-order valence-corrected chi connectivity index (χ0v) is 25.1. The van der Waals surface area contributed by atoms with Crippen molar-refractivity contribution in [3.63, 3.8) is 0 Å². The van der Waals surface area contributed by atoms with Crippen molar-refractivity contribution in [2.24, 2.45) is 0 Å². The molecule has 0 saturated carbocycles. The lowest BCUT2D eigenvalue weighted by Gasteiger charge is -2.27. The van der Waals surface area contributed by atoms with E-state index in [0.29, 0.717) is 0 Å². The Morgan fingerprint density at radius 3 is 2.43 bits per heavy atom. The SMILES string of the molecule is CC1(C)C(/C=C/C=C2\C=CN(Cc3ccccc3)c3ccccc32)=[N+](CCCNc2ccccc2)c2ccc(Cl)cc21. The molecule has 0 saturated heterocycles. The van der Waals surface area contributed by atoms with Crippen LogP contribution in [0.25, 0.3) is 5.57 Å². The van der Waals surface area contributed by atoms with E-state index in [2.05, 4.69) is 150 Å². The quantitative estimate of drug-likeness (QED) is 0.159. The highest BCUT2D eigenvalue weighted by atomic mass is 35.5. The molecule has 0 aliphatic carbocycles. The molecule has 0 amide bonds. The maximum Gasteiger partial charge on any atom is 0.209 e. The second-order valence-corrected chi connectivity index (χ2v) is 11.8. The van der Waals surface area contributed by atoms with Crippen LogP contribution in [-0.2, 0) is 12.0 Å². The van der Waals surface area contributed by atoms with Gasteiger partial charge in [0.25, 0.3) is 0 Å². The Balaban J connectivity index is 1.26. The van der Waals surface area contributed by atoms with Crippen LogP contribution in [0.4, 0.5) is 17.1 Å². The molecular formula is C38H37ClN3+. The molecule has 2 heterocycles. The van der Waals surface area contributed by atoms with Crippen molar-refractivity contribution in [3.8, 4) is 0 Å². The largest absolute Gasteiger partial charge is 0.385 e. The molecule has 210 valence electrons. The summed E-state index contributed by atoms with van der Waals surface area (Å²) in [7, 11) is 0. The van der Waals surface area contributed by atoms with Crippen molar-refractivity contribution in [2.45, 2.75) is 32.2 Å². The molecule has 0 fully saturated rings. The minimum atomic E-state index is -0.158. The van der Waals surface area contributed by atoms with Gasteiger partial charge in [0.1, 0.15) is 0 Å². The van der Waals surface area contributed by atoms with Crippen molar-refractivity contribution in [1.82, 2.24) is 0 Å². The zero-order chi connectivity index (χ0) is 28.9. The van der Waals surface area contributed by atoms with Gasteiger partial charge in [0.05, 0.1) is 5.41 Å². The second-order valence-electron chi connectivity index (χ2n) is 11.4. The first-order chi connectivity index (χ1) is 20.5. The van der Waals surface area contributed by atoms with Crippen LogP contribution in [0.5, 0.6) is 0 Å². The number of para-hydroxylation sites is 2. The summed E-state index contributed by atoms with van der Waals surface area (Å²) in [4.78, 5) is 2.33. The molecule has 0 bridgehead atoms. The molecule has 4 aromatic carbocycles. The molecule has 3 nitrogen and oxygen atoms in total. The number of hydrogen-bond acceptors (Lipinski definition) is 2. The molecule has 4 aromatic rings. The monoisotopic (exact) mass is 570 g/mol. The van der Waals surface area contributed by atoms with E-state index in [-0.39, 0.29) is 5.41 Å². The van der Waals surface area contributed by atoms with Crippen LogP contribution in [0.1, 0.15) is 37.0 Å². The summed E-state index contributed by atoms with van der Waals surface area (Å²) in [6.45, 7) is 7.28. The number of halogens is 1. The lowest BCUT2D eigenvalue weighted by molar-refractivity contribution is -0.437. The maximum atomic E-state index is 6.48. The second kappa shape index (κ2) is 12.3. The van der Waals surface area contributed by atoms with Gasteiger partial charge in [-0.2, -0.15) is 4.58 Å². The predicted molar refractivity (Wildman–Crippen MR) is 179 cm³/mol. The van der Waals surface area contributed by atoms with E-state index in [1.165, 1.54) is 39.3 Å². The van der Waals surface area contributed by atoms with E-state index < -0.39 is 0 Å². The highest BCUT2D eigenvalue weighted by molar-refractivity contribution is 6.30. The van der Waals surface area contributed by atoms with Gasteiger partial charge in [-0.15, -0.1) is 0 Å². The number of anilines is 2. The van der Waals surface area contributed by atoms with E-state index in [0.717, 1.165) is 36.8 Å². The molecule has 0 radical (unpaired) electrons. The van der Waals surface area contributed by atoms with Crippen LogP contribution in [0.15, 0.2) is 134 Å². The Morgan fingerprint density at radius 1 is 0.881 bits per heavy atom. The fraction of sp³-hybridized carbons (Fsp3) is 0.184. The smallest absolute Gasteiger partial charge is 0.209 e. The molecule has 0 unspecified atom stereocenters. The summed E-state index contributed by atoms with van der Waals surface area (Å²) >= 11 is 6.48. The molecule has 4 heteroatoms. The molecule has 0 spiro atoms. The van der Waals surface area contributed by atoms with Crippen molar-refractivity contribution >= 4 is 39.9 Å². The van der Waals surface area contributed by atoms with Crippen LogP contribution in [0.2, 0.25) is 5.02 Å². The van der Waals surface area contributed by atoms with E-state index in [1.807, 2.05) is 12.1 Å². The molecule has 42 heavy (non-hydrogen) atoms. The number of allylic oxidation sites excluding steroid dienone is 5. The first kappa shape index (κ1) is 27.8. The minimum absolute atomic E-state index is 0.158. The van der Waals surface area contributed by atoms with Gasteiger partial charge in [-0.1, -0.05) is 90.5 Å². The zero-order valence-electron chi connectivity index (χ0n) is 24.3. The summed E-state index contributed by atoms with van der Waals surface area (Å²) in [5, 5.41) is 4.34. The topological polar surface area (TPSA) is 18.3 Å². The Bertz CT molecular complexity index is 1680. The number of rotatable bonds is 9. The molecular weight excluding hydrogens is 534 g/mol.